The average molecular weight is 351 g/mol. The topological polar surface area (TPSA) is 63.8 Å². The lowest BCUT2D eigenvalue weighted by Crippen LogP contribution is -2.20. The molecule has 1 aromatic carbocycles. The van der Waals surface area contributed by atoms with E-state index in [2.05, 4.69) is 26.5 Å². The molecule has 0 bridgehead atoms. The van der Waals surface area contributed by atoms with Crippen molar-refractivity contribution in [3.8, 4) is 5.75 Å². The molecule has 1 amide bonds. The van der Waals surface area contributed by atoms with E-state index in [1.807, 2.05) is 6.92 Å². The van der Waals surface area contributed by atoms with Gasteiger partial charge in [-0.15, -0.1) is 0 Å². The molecular weight excluding hydrogens is 336 g/mol. The summed E-state index contributed by atoms with van der Waals surface area (Å²) in [7, 11) is 1.52. The minimum atomic E-state index is -0.342. The molecule has 1 N–H and O–H groups in total. The van der Waals surface area contributed by atoms with Crippen LogP contribution in [0.3, 0.4) is 0 Å². The second kappa shape index (κ2) is 7.08. The SMILES string of the molecule is CC/C(=N/NC(=O)c1cc(Br)ccc1OC)c1ccco1. The highest BCUT2D eigenvalue weighted by molar-refractivity contribution is 9.10. The number of rotatable bonds is 5. The van der Waals surface area contributed by atoms with Gasteiger partial charge in [0.25, 0.3) is 5.91 Å². The van der Waals surface area contributed by atoms with Gasteiger partial charge in [0.1, 0.15) is 17.2 Å². The summed E-state index contributed by atoms with van der Waals surface area (Å²) >= 11 is 3.33. The monoisotopic (exact) mass is 350 g/mol. The van der Waals surface area contributed by atoms with Crippen LogP contribution in [-0.4, -0.2) is 18.7 Å². The first-order valence-electron chi connectivity index (χ1n) is 6.40. The van der Waals surface area contributed by atoms with E-state index in [9.17, 15) is 4.79 Å². The number of methoxy groups -OCH3 is 1. The molecule has 21 heavy (non-hydrogen) atoms. The molecule has 0 saturated carbocycles. The van der Waals surface area contributed by atoms with Gasteiger partial charge in [-0.3, -0.25) is 4.79 Å². The third-order valence-corrected chi connectivity index (χ3v) is 3.33. The highest BCUT2D eigenvalue weighted by Gasteiger charge is 2.13. The van der Waals surface area contributed by atoms with Gasteiger partial charge in [0.15, 0.2) is 0 Å². The Kier molecular flexibility index (Phi) is 5.16. The third kappa shape index (κ3) is 3.72. The molecule has 0 aliphatic heterocycles. The van der Waals surface area contributed by atoms with E-state index in [1.54, 1.807) is 36.6 Å². The summed E-state index contributed by atoms with van der Waals surface area (Å²) in [5.74, 6) is 0.784. The summed E-state index contributed by atoms with van der Waals surface area (Å²) in [4.78, 5) is 12.2. The van der Waals surface area contributed by atoms with Crippen molar-refractivity contribution < 1.29 is 13.9 Å². The number of hydrogen-bond acceptors (Lipinski definition) is 4. The number of amides is 1. The van der Waals surface area contributed by atoms with E-state index in [0.29, 0.717) is 29.2 Å². The number of halogens is 1. The fourth-order valence-corrected chi connectivity index (χ4v) is 2.15. The van der Waals surface area contributed by atoms with Crippen molar-refractivity contribution in [1.29, 1.82) is 0 Å². The fourth-order valence-electron chi connectivity index (χ4n) is 1.79. The van der Waals surface area contributed by atoms with Crippen molar-refractivity contribution in [3.63, 3.8) is 0 Å². The normalized spacial score (nSPS) is 11.3. The molecule has 0 spiro atoms. The van der Waals surface area contributed by atoms with Crippen molar-refractivity contribution >= 4 is 27.5 Å². The zero-order chi connectivity index (χ0) is 15.2. The minimum Gasteiger partial charge on any atom is -0.496 e. The van der Waals surface area contributed by atoms with Crippen LogP contribution >= 0.6 is 15.9 Å². The number of hydrazone groups is 1. The van der Waals surface area contributed by atoms with Gasteiger partial charge in [-0.05, 0) is 36.8 Å². The van der Waals surface area contributed by atoms with Crippen LogP contribution in [-0.2, 0) is 0 Å². The summed E-state index contributed by atoms with van der Waals surface area (Å²) in [5, 5.41) is 4.12. The van der Waals surface area contributed by atoms with Crippen molar-refractivity contribution in [2.45, 2.75) is 13.3 Å². The molecule has 0 unspecified atom stereocenters. The standard InChI is InChI=1S/C15H15BrN2O3/c1-3-12(14-5-4-8-21-14)17-18-15(19)11-9-10(16)6-7-13(11)20-2/h4-9H,3H2,1-2H3,(H,18,19)/b17-12-. The van der Waals surface area contributed by atoms with Crippen LogP contribution in [0.4, 0.5) is 0 Å². The number of carbonyl (C=O) groups is 1. The first kappa shape index (κ1) is 15.3. The first-order valence-corrected chi connectivity index (χ1v) is 7.19. The first-order chi connectivity index (χ1) is 10.2. The van der Waals surface area contributed by atoms with Crippen LogP contribution in [0.15, 0.2) is 50.6 Å². The van der Waals surface area contributed by atoms with Crippen LogP contribution in [0.5, 0.6) is 5.75 Å². The lowest BCUT2D eigenvalue weighted by molar-refractivity contribution is 0.0951. The second-order valence-corrected chi connectivity index (χ2v) is 5.09. The maximum Gasteiger partial charge on any atom is 0.275 e. The van der Waals surface area contributed by atoms with E-state index in [0.717, 1.165) is 4.47 Å². The van der Waals surface area contributed by atoms with Crippen LogP contribution in [0.1, 0.15) is 29.5 Å². The highest BCUT2D eigenvalue weighted by Crippen LogP contribution is 2.22. The Bertz CT molecular complexity index is 651. The third-order valence-electron chi connectivity index (χ3n) is 2.84. The summed E-state index contributed by atoms with van der Waals surface area (Å²) in [6.07, 6.45) is 2.21. The number of benzene rings is 1. The van der Waals surface area contributed by atoms with E-state index in [1.165, 1.54) is 7.11 Å². The molecule has 110 valence electrons. The maximum atomic E-state index is 12.2. The minimum absolute atomic E-state index is 0.342. The van der Waals surface area contributed by atoms with Gasteiger partial charge < -0.3 is 9.15 Å². The van der Waals surface area contributed by atoms with E-state index in [-0.39, 0.29) is 5.91 Å². The zero-order valence-corrected chi connectivity index (χ0v) is 13.3. The summed E-state index contributed by atoms with van der Waals surface area (Å²) in [6, 6.07) is 8.78. The molecule has 0 saturated heterocycles. The number of nitrogens with zero attached hydrogens (tertiary/aromatic N) is 1. The lowest BCUT2D eigenvalue weighted by Gasteiger charge is -2.08. The summed E-state index contributed by atoms with van der Waals surface area (Å²) < 4.78 is 11.2. The largest absolute Gasteiger partial charge is 0.496 e. The number of hydrogen-bond donors (Lipinski definition) is 1. The fraction of sp³-hybridized carbons (Fsp3) is 0.200. The Labute approximate surface area is 131 Å². The molecule has 2 aromatic rings. The smallest absolute Gasteiger partial charge is 0.275 e. The lowest BCUT2D eigenvalue weighted by atomic mass is 10.2. The van der Waals surface area contributed by atoms with Crippen molar-refractivity contribution in [3.05, 3.63) is 52.4 Å². The number of furan rings is 1. The van der Waals surface area contributed by atoms with E-state index >= 15 is 0 Å². The summed E-state index contributed by atoms with van der Waals surface area (Å²) in [6.45, 7) is 1.94. The zero-order valence-electron chi connectivity index (χ0n) is 11.7. The molecule has 0 atom stereocenters. The maximum absolute atomic E-state index is 12.2. The molecule has 2 rings (SSSR count). The molecule has 6 heteroatoms. The second-order valence-electron chi connectivity index (χ2n) is 4.17. The molecule has 1 heterocycles. The van der Waals surface area contributed by atoms with Crippen molar-refractivity contribution in [1.82, 2.24) is 5.43 Å². The van der Waals surface area contributed by atoms with Gasteiger partial charge in [-0.1, -0.05) is 22.9 Å². The van der Waals surface area contributed by atoms with Gasteiger partial charge in [0.05, 0.1) is 18.9 Å². The molecule has 0 aliphatic carbocycles. The van der Waals surface area contributed by atoms with Crippen LogP contribution < -0.4 is 10.2 Å². The van der Waals surface area contributed by atoms with Gasteiger partial charge in [0.2, 0.25) is 0 Å². The van der Waals surface area contributed by atoms with Gasteiger partial charge in [0, 0.05) is 4.47 Å². The molecule has 0 aliphatic rings. The number of nitrogens with one attached hydrogen (secondary N) is 1. The molecular formula is C15H15BrN2O3. The molecule has 0 radical (unpaired) electrons. The van der Waals surface area contributed by atoms with Gasteiger partial charge >= 0.3 is 0 Å². The molecule has 0 fully saturated rings. The van der Waals surface area contributed by atoms with Crippen LogP contribution in [0, 0.1) is 0 Å². The van der Waals surface area contributed by atoms with E-state index in [4.69, 9.17) is 9.15 Å². The predicted molar refractivity (Wildman–Crippen MR) is 83.7 cm³/mol. The summed E-state index contributed by atoms with van der Waals surface area (Å²) in [5.41, 5.74) is 3.61. The quantitative estimate of drug-likeness (QED) is 0.661. The Balaban J connectivity index is 2.20. The Hall–Kier alpha value is -2.08. The molecule has 1 aromatic heterocycles. The highest BCUT2D eigenvalue weighted by atomic mass is 79.9. The van der Waals surface area contributed by atoms with Crippen molar-refractivity contribution in [2.75, 3.05) is 7.11 Å². The Morgan fingerprint density at radius 3 is 2.86 bits per heavy atom. The Morgan fingerprint density at radius 2 is 2.24 bits per heavy atom. The predicted octanol–water partition coefficient (Wildman–Crippen LogP) is 3.59. The van der Waals surface area contributed by atoms with Gasteiger partial charge in [-0.25, -0.2) is 5.43 Å². The van der Waals surface area contributed by atoms with Crippen LogP contribution in [0.25, 0.3) is 0 Å². The number of carbonyl (C=O) groups excluding carboxylic acids is 1. The van der Waals surface area contributed by atoms with E-state index < -0.39 is 0 Å². The van der Waals surface area contributed by atoms with Crippen LogP contribution in [0.2, 0.25) is 0 Å². The number of ether oxygens (including phenoxy) is 1. The van der Waals surface area contributed by atoms with Gasteiger partial charge in [-0.2, -0.15) is 5.10 Å². The van der Waals surface area contributed by atoms with Crippen molar-refractivity contribution in [2.24, 2.45) is 5.10 Å². The Morgan fingerprint density at radius 1 is 1.43 bits per heavy atom. The average Bonchev–Trinajstić information content (AvgIpc) is 3.02. The molecule has 5 nitrogen and oxygen atoms in total.